The molecule has 1 aliphatic rings. The quantitative estimate of drug-likeness (QED) is 0.702. The van der Waals surface area contributed by atoms with E-state index in [1.807, 2.05) is 35.2 Å². The minimum Gasteiger partial charge on any atom is -0.497 e. The molecule has 0 spiro atoms. The van der Waals surface area contributed by atoms with Crippen LogP contribution in [0.1, 0.15) is 27.2 Å². The number of benzene rings is 2. The molecule has 1 aromatic heterocycles. The molecule has 1 N–H and O–H groups in total. The summed E-state index contributed by atoms with van der Waals surface area (Å²) in [7, 11) is 1.67. The number of anilines is 1. The number of hydrogen-bond donors (Lipinski definition) is 1. The zero-order chi connectivity index (χ0) is 20.1. The van der Waals surface area contributed by atoms with Gasteiger partial charge in [0.05, 0.1) is 19.5 Å². The summed E-state index contributed by atoms with van der Waals surface area (Å²) < 4.78 is 5.25. The molecule has 3 aromatic rings. The highest BCUT2D eigenvalue weighted by molar-refractivity contribution is 5.92. The summed E-state index contributed by atoms with van der Waals surface area (Å²) in [4.78, 5) is 23.3. The minimum absolute atomic E-state index is 0.0741. The maximum atomic E-state index is 12.8. The lowest BCUT2D eigenvalue weighted by atomic mass is 10.00. The Hall–Kier alpha value is -3.41. The van der Waals surface area contributed by atoms with E-state index < -0.39 is 0 Å². The summed E-state index contributed by atoms with van der Waals surface area (Å²) in [6.07, 6.45) is 4.89. The number of carbonyl (C=O) groups excluding carboxylic acids is 1. The Balaban J connectivity index is 1.32. The number of methoxy groups -OCH3 is 1. The Morgan fingerprint density at radius 3 is 2.76 bits per heavy atom. The summed E-state index contributed by atoms with van der Waals surface area (Å²) in [5.74, 6) is 1.44. The summed E-state index contributed by atoms with van der Waals surface area (Å²) in [6, 6.07) is 16.3. The molecular weight excluding hydrogens is 364 g/mol. The van der Waals surface area contributed by atoms with E-state index in [9.17, 15) is 4.79 Å². The highest BCUT2D eigenvalue weighted by Gasteiger charge is 2.22. The second-order valence-electron chi connectivity index (χ2n) is 7.06. The molecule has 0 saturated carbocycles. The second kappa shape index (κ2) is 8.73. The van der Waals surface area contributed by atoms with Gasteiger partial charge < -0.3 is 15.0 Å². The van der Waals surface area contributed by atoms with Crippen molar-refractivity contribution in [3.8, 4) is 5.75 Å². The zero-order valence-corrected chi connectivity index (χ0v) is 16.5. The number of amides is 1. The monoisotopic (exact) mass is 388 g/mol. The van der Waals surface area contributed by atoms with Crippen LogP contribution in [0.4, 0.5) is 5.82 Å². The van der Waals surface area contributed by atoms with Gasteiger partial charge in [0.2, 0.25) is 0 Å². The van der Waals surface area contributed by atoms with Gasteiger partial charge >= 0.3 is 0 Å². The normalized spacial score (nSPS) is 12.9. The third-order valence-electron chi connectivity index (χ3n) is 5.14. The van der Waals surface area contributed by atoms with Gasteiger partial charge in [-0.15, -0.1) is 0 Å². The fraction of sp³-hybridized carbons (Fsp3) is 0.261. The van der Waals surface area contributed by atoms with Gasteiger partial charge in [-0.25, -0.2) is 9.97 Å². The Kier molecular flexibility index (Phi) is 5.70. The van der Waals surface area contributed by atoms with Gasteiger partial charge in [0, 0.05) is 19.6 Å². The summed E-state index contributed by atoms with van der Waals surface area (Å²) in [6.45, 7) is 2.05. The van der Waals surface area contributed by atoms with Gasteiger partial charge in [0.15, 0.2) is 0 Å². The molecule has 0 atom stereocenters. The highest BCUT2D eigenvalue weighted by atomic mass is 16.5. The standard InChI is InChI=1S/C23H24N4O2/c1-29-20-8-4-5-17(13-20)9-11-24-22-15-25-21(14-26-22)23(28)27-12-10-18-6-2-3-7-19(18)16-27/h2-8,13-15H,9-12,16H2,1H3,(H,24,26). The first-order valence-corrected chi connectivity index (χ1v) is 9.78. The lowest BCUT2D eigenvalue weighted by Gasteiger charge is -2.28. The number of aromatic nitrogens is 2. The van der Waals surface area contributed by atoms with Crippen molar-refractivity contribution in [1.82, 2.24) is 14.9 Å². The summed E-state index contributed by atoms with van der Waals surface area (Å²) in [5.41, 5.74) is 4.08. The molecule has 2 heterocycles. The van der Waals surface area contributed by atoms with Crippen molar-refractivity contribution in [2.45, 2.75) is 19.4 Å². The lowest BCUT2D eigenvalue weighted by Crippen LogP contribution is -2.36. The maximum absolute atomic E-state index is 12.8. The number of carbonyl (C=O) groups is 1. The molecule has 29 heavy (non-hydrogen) atoms. The van der Waals surface area contributed by atoms with Gasteiger partial charge in [-0.2, -0.15) is 0 Å². The Labute approximate surface area is 170 Å². The smallest absolute Gasteiger partial charge is 0.274 e. The molecule has 148 valence electrons. The first-order valence-electron chi connectivity index (χ1n) is 9.78. The van der Waals surface area contributed by atoms with Gasteiger partial charge in [0.25, 0.3) is 5.91 Å². The molecule has 0 unspecified atom stereocenters. The number of rotatable bonds is 6. The van der Waals surface area contributed by atoms with Crippen molar-refractivity contribution in [2.24, 2.45) is 0 Å². The molecule has 4 rings (SSSR count). The van der Waals surface area contributed by atoms with Crippen molar-refractivity contribution in [2.75, 3.05) is 25.5 Å². The van der Waals surface area contributed by atoms with E-state index >= 15 is 0 Å². The fourth-order valence-corrected chi connectivity index (χ4v) is 3.52. The van der Waals surface area contributed by atoms with E-state index in [4.69, 9.17) is 4.74 Å². The second-order valence-corrected chi connectivity index (χ2v) is 7.06. The van der Waals surface area contributed by atoms with E-state index in [0.29, 0.717) is 24.6 Å². The molecule has 0 radical (unpaired) electrons. The molecule has 0 fully saturated rings. The van der Waals surface area contributed by atoms with Crippen LogP contribution in [0.5, 0.6) is 5.75 Å². The van der Waals surface area contributed by atoms with Crippen LogP contribution in [-0.4, -0.2) is 41.0 Å². The molecule has 0 aliphatic carbocycles. The van der Waals surface area contributed by atoms with Crippen LogP contribution in [0.15, 0.2) is 60.9 Å². The number of ether oxygens (including phenoxy) is 1. The lowest BCUT2D eigenvalue weighted by molar-refractivity contribution is 0.0728. The maximum Gasteiger partial charge on any atom is 0.274 e. The molecule has 1 aliphatic heterocycles. The van der Waals surface area contributed by atoms with Crippen LogP contribution < -0.4 is 10.1 Å². The molecule has 0 bridgehead atoms. The van der Waals surface area contributed by atoms with Gasteiger partial charge in [0.1, 0.15) is 17.3 Å². The molecule has 0 saturated heterocycles. The zero-order valence-electron chi connectivity index (χ0n) is 16.5. The third kappa shape index (κ3) is 4.54. The Morgan fingerprint density at radius 1 is 1.10 bits per heavy atom. The average molecular weight is 388 g/mol. The van der Waals surface area contributed by atoms with Gasteiger partial charge in [-0.05, 0) is 41.7 Å². The Morgan fingerprint density at radius 2 is 1.97 bits per heavy atom. The largest absolute Gasteiger partial charge is 0.497 e. The summed E-state index contributed by atoms with van der Waals surface area (Å²) >= 11 is 0. The number of nitrogens with one attached hydrogen (secondary N) is 1. The number of nitrogens with zero attached hydrogens (tertiary/aromatic N) is 3. The van der Waals surface area contributed by atoms with E-state index in [-0.39, 0.29) is 5.91 Å². The molecule has 2 aromatic carbocycles. The van der Waals surface area contributed by atoms with Gasteiger partial charge in [-0.1, -0.05) is 36.4 Å². The first kappa shape index (κ1) is 18.9. The first-order chi connectivity index (χ1) is 14.2. The highest BCUT2D eigenvalue weighted by Crippen LogP contribution is 2.20. The topological polar surface area (TPSA) is 67.3 Å². The van der Waals surface area contributed by atoms with Crippen molar-refractivity contribution in [3.63, 3.8) is 0 Å². The predicted octanol–water partition coefficient (Wildman–Crippen LogP) is 3.34. The third-order valence-corrected chi connectivity index (χ3v) is 5.14. The van der Waals surface area contributed by atoms with Crippen LogP contribution in [0.3, 0.4) is 0 Å². The number of hydrogen-bond acceptors (Lipinski definition) is 5. The molecule has 1 amide bonds. The SMILES string of the molecule is COc1cccc(CCNc2cnc(C(=O)N3CCc4ccccc4C3)cn2)c1. The molecule has 6 nitrogen and oxygen atoms in total. The summed E-state index contributed by atoms with van der Waals surface area (Å²) in [5, 5.41) is 3.25. The van der Waals surface area contributed by atoms with Crippen LogP contribution in [0, 0.1) is 0 Å². The van der Waals surface area contributed by atoms with Crippen molar-refractivity contribution >= 4 is 11.7 Å². The van der Waals surface area contributed by atoms with Crippen LogP contribution >= 0.6 is 0 Å². The van der Waals surface area contributed by atoms with E-state index in [0.717, 1.165) is 25.1 Å². The predicted molar refractivity (Wildman–Crippen MR) is 112 cm³/mol. The molecular formula is C23H24N4O2. The van der Waals surface area contributed by atoms with Crippen LogP contribution in [0.25, 0.3) is 0 Å². The van der Waals surface area contributed by atoms with Crippen molar-refractivity contribution < 1.29 is 9.53 Å². The van der Waals surface area contributed by atoms with Crippen LogP contribution in [-0.2, 0) is 19.4 Å². The van der Waals surface area contributed by atoms with E-state index in [2.05, 4.69) is 33.5 Å². The molecule has 6 heteroatoms. The Bertz CT molecular complexity index is 988. The van der Waals surface area contributed by atoms with Crippen molar-refractivity contribution in [3.05, 3.63) is 83.3 Å². The number of fused-ring (bicyclic) bond motifs is 1. The fourth-order valence-electron chi connectivity index (χ4n) is 3.52. The van der Waals surface area contributed by atoms with Crippen LogP contribution in [0.2, 0.25) is 0 Å². The average Bonchev–Trinajstić information content (AvgIpc) is 2.79. The van der Waals surface area contributed by atoms with E-state index in [1.165, 1.54) is 16.7 Å². The van der Waals surface area contributed by atoms with E-state index in [1.54, 1.807) is 19.5 Å². The minimum atomic E-state index is -0.0741. The van der Waals surface area contributed by atoms with Gasteiger partial charge in [-0.3, -0.25) is 4.79 Å². The van der Waals surface area contributed by atoms with Crippen molar-refractivity contribution in [1.29, 1.82) is 0 Å².